The Labute approximate surface area is 132 Å². The Bertz CT molecular complexity index is 730. The van der Waals surface area contributed by atoms with Crippen molar-refractivity contribution < 1.29 is 9.85 Å². The topological polar surface area (TPSA) is 111 Å². The van der Waals surface area contributed by atoms with Crippen molar-refractivity contribution in [3.63, 3.8) is 0 Å². The minimum absolute atomic E-state index is 0.0536. The average molecular weight is 316 g/mol. The van der Waals surface area contributed by atoms with Gasteiger partial charge >= 0.3 is 5.69 Å². The van der Waals surface area contributed by atoms with Crippen LogP contribution in [0, 0.1) is 37.5 Å². The molecular weight excluding hydrogens is 300 g/mol. The van der Waals surface area contributed by atoms with E-state index in [1.54, 1.807) is 6.21 Å². The molecule has 2 aliphatic carbocycles. The third-order valence-corrected chi connectivity index (χ3v) is 4.65. The minimum atomic E-state index is -0.664. The summed E-state index contributed by atoms with van der Waals surface area (Å²) in [5.41, 5.74) is 2.05. The summed E-state index contributed by atoms with van der Waals surface area (Å²) in [4.78, 5) is 20.5. The fourth-order valence-corrected chi connectivity index (χ4v) is 3.41. The molecule has 1 aromatic rings. The summed E-state index contributed by atoms with van der Waals surface area (Å²) < 4.78 is 0. The highest BCUT2D eigenvalue weighted by molar-refractivity contribution is 5.71. The van der Waals surface area contributed by atoms with Crippen LogP contribution in [0.1, 0.15) is 19.8 Å². The van der Waals surface area contributed by atoms with E-state index in [0.717, 1.165) is 18.9 Å². The van der Waals surface area contributed by atoms with Gasteiger partial charge in [-0.3, -0.25) is 25.7 Å². The van der Waals surface area contributed by atoms with Crippen molar-refractivity contribution in [1.82, 2.24) is 0 Å². The third kappa shape index (κ3) is 2.79. The van der Waals surface area contributed by atoms with E-state index in [4.69, 9.17) is 0 Å². The van der Waals surface area contributed by atoms with Crippen molar-refractivity contribution in [1.29, 1.82) is 0 Å². The number of nitro benzene ring substituents is 2. The molecule has 0 unspecified atom stereocenters. The molecule has 8 nitrogen and oxygen atoms in total. The van der Waals surface area contributed by atoms with Crippen LogP contribution >= 0.6 is 0 Å². The van der Waals surface area contributed by atoms with Gasteiger partial charge in [0.05, 0.1) is 15.9 Å². The van der Waals surface area contributed by atoms with Crippen LogP contribution in [0.25, 0.3) is 0 Å². The molecule has 0 saturated heterocycles. The number of anilines is 1. The average Bonchev–Trinajstić information content (AvgIpc) is 3.07. The molecule has 0 amide bonds. The van der Waals surface area contributed by atoms with Gasteiger partial charge in [0.1, 0.15) is 5.69 Å². The standard InChI is InChI=1S/C15H16N4O4/c1-15(8-10-2-3-11(15)6-10)9-16-17-13-5-4-12(18(20)21)7-14(13)19(22)23/h2-5,7,9-11,17H,6,8H2,1H3/b16-9+/t10-,11+,15-/m0/s1. The van der Waals surface area contributed by atoms with Crippen molar-refractivity contribution >= 4 is 23.3 Å². The minimum Gasteiger partial charge on any atom is -0.272 e. The van der Waals surface area contributed by atoms with E-state index in [1.165, 1.54) is 12.1 Å². The van der Waals surface area contributed by atoms with Gasteiger partial charge in [-0.05, 0) is 30.7 Å². The van der Waals surface area contributed by atoms with Crippen LogP contribution in [0.3, 0.4) is 0 Å². The number of hydrogen-bond donors (Lipinski definition) is 1. The van der Waals surface area contributed by atoms with Crippen molar-refractivity contribution in [2.24, 2.45) is 22.4 Å². The fraction of sp³-hybridized carbons (Fsp3) is 0.400. The summed E-state index contributed by atoms with van der Waals surface area (Å²) in [6.45, 7) is 2.12. The molecule has 1 aromatic carbocycles. The zero-order valence-electron chi connectivity index (χ0n) is 12.5. The molecule has 0 aromatic heterocycles. The summed E-state index contributed by atoms with van der Waals surface area (Å²) in [5, 5.41) is 25.9. The Balaban J connectivity index is 1.78. The maximum absolute atomic E-state index is 11.1. The second-order valence-corrected chi connectivity index (χ2v) is 6.28. The second kappa shape index (κ2) is 5.45. The van der Waals surface area contributed by atoms with Crippen molar-refractivity contribution in [3.8, 4) is 0 Å². The number of benzene rings is 1. The van der Waals surface area contributed by atoms with Crippen LogP contribution in [-0.4, -0.2) is 16.1 Å². The quantitative estimate of drug-likeness (QED) is 0.387. The number of fused-ring (bicyclic) bond motifs is 2. The summed E-state index contributed by atoms with van der Waals surface area (Å²) in [6, 6.07) is 3.45. The van der Waals surface area contributed by atoms with Crippen LogP contribution < -0.4 is 5.43 Å². The molecule has 0 radical (unpaired) electrons. The normalized spacial score (nSPS) is 28.4. The number of nitrogens with one attached hydrogen (secondary N) is 1. The van der Waals surface area contributed by atoms with E-state index in [0.29, 0.717) is 11.8 Å². The Morgan fingerprint density at radius 3 is 2.65 bits per heavy atom. The summed E-state index contributed by atoms with van der Waals surface area (Å²) >= 11 is 0. The molecule has 3 atom stereocenters. The van der Waals surface area contributed by atoms with Crippen molar-refractivity contribution in [2.45, 2.75) is 19.8 Å². The summed E-state index contributed by atoms with van der Waals surface area (Å²) in [5.74, 6) is 1.04. The zero-order valence-corrected chi connectivity index (χ0v) is 12.5. The number of non-ortho nitro benzene ring substituents is 1. The number of hydrazone groups is 1. The number of allylic oxidation sites excluding steroid dienone is 2. The van der Waals surface area contributed by atoms with Gasteiger partial charge in [-0.1, -0.05) is 19.1 Å². The molecule has 0 spiro atoms. The van der Waals surface area contributed by atoms with Crippen LogP contribution in [-0.2, 0) is 0 Å². The van der Waals surface area contributed by atoms with Gasteiger partial charge in [0.15, 0.2) is 0 Å². The van der Waals surface area contributed by atoms with E-state index in [2.05, 4.69) is 29.6 Å². The SMILES string of the molecule is C[C@@]1(/C=N/Nc2ccc([N+](=O)[O-])cc2[N+](=O)[O-])C[C@H]2C=C[C@@H]1C2. The first kappa shape index (κ1) is 15.1. The van der Waals surface area contributed by atoms with E-state index in [1.807, 2.05) is 0 Å². The smallest absolute Gasteiger partial charge is 0.272 e. The molecule has 1 saturated carbocycles. The van der Waals surface area contributed by atoms with Crippen LogP contribution in [0.2, 0.25) is 0 Å². The number of rotatable bonds is 5. The van der Waals surface area contributed by atoms with Gasteiger partial charge in [0, 0.05) is 17.7 Å². The molecule has 1 N–H and O–H groups in total. The lowest BCUT2D eigenvalue weighted by molar-refractivity contribution is -0.393. The Morgan fingerprint density at radius 1 is 1.30 bits per heavy atom. The maximum atomic E-state index is 11.1. The predicted octanol–water partition coefficient (Wildman–Crippen LogP) is 3.50. The van der Waals surface area contributed by atoms with Gasteiger partial charge in [-0.2, -0.15) is 5.10 Å². The van der Waals surface area contributed by atoms with E-state index in [9.17, 15) is 20.2 Å². The van der Waals surface area contributed by atoms with Gasteiger partial charge in [0.2, 0.25) is 0 Å². The number of nitro groups is 2. The molecule has 120 valence electrons. The lowest BCUT2D eigenvalue weighted by atomic mass is 9.79. The van der Waals surface area contributed by atoms with Crippen LogP contribution in [0.15, 0.2) is 35.5 Å². The molecule has 2 aliphatic rings. The van der Waals surface area contributed by atoms with E-state index in [-0.39, 0.29) is 22.5 Å². The Kier molecular flexibility index (Phi) is 3.59. The van der Waals surface area contributed by atoms with Gasteiger partial charge in [0.25, 0.3) is 5.69 Å². The van der Waals surface area contributed by atoms with Gasteiger partial charge < -0.3 is 0 Å². The van der Waals surface area contributed by atoms with Gasteiger partial charge in [-0.15, -0.1) is 0 Å². The third-order valence-electron chi connectivity index (χ3n) is 4.65. The highest BCUT2D eigenvalue weighted by atomic mass is 16.6. The Morgan fingerprint density at radius 2 is 2.09 bits per heavy atom. The molecular formula is C15H16N4O4. The number of nitrogens with zero attached hydrogens (tertiary/aromatic N) is 3. The van der Waals surface area contributed by atoms with Crippen LogP contribution in [0.5, 0.6) is 0 Å². The monoisotopic (exact) mass is 316 g/mol. The first-order chi connectivity index (χ1) is 10.9. The fourth-order valence-electron chi connectivity index (χ4n) is 3.41. The van der Waals surface area contributed by atoms with Gasteiger partial charge in [-0.25, -0.2) is 0 Å². The molecule has 2 bridgehead atoms. The highest BCUT2D eigenvalue weighted by Crippen LogP contribution is 2.50. The summed E-state index contributed by atoms with van der Waals surface area (Å²) in [6.07, 6.45) is 8.37. The van der Waals surface area contributed by atoms with E-state index >= 15 is 0 Å². The largest absolute Gasteiger partial charge is 0.301 e. The first-order valence-electron chi connectivity index (χ1n) is 7.30. The first-order valence-corrected chi connectivity index (χ1v) is 7.30. The molecule has 23 heavy (non-hydrogen) atoms. The molecule has 0 aliphatic heterocycles. The molecule has 1 fully saturated rings. The lowest BCUT2D eigenvalue weighted by Gasteiger charge is -2.26. The van der Waals surface area contributed by atoms with Crippen LogP contribution in [0.4, 0.5) is 17.1 Å². The van der Waals surface area contributed by atoms with Crippen molar-refractivity contribution in [2.75, 3.05) is 5.43 Å². The number of hydrogen-bond acceptors (Lipinski definition) is 6. The highest BCUT2D eigenvalue weighted by Gasteiger charge is 2.43. The maximum Gasteiger partial charge on any atom is 0.301 e. The lowest BCUT2D eigenvalue weighted by Crippen LogP contribution is -2.23. The molecule has 3 rings (SSSR count). The zero-order chi connectivity index (χ0) is 16.6. The predicted molar refractivity (Wildman–Crippen MR) is 85.3 cm³/mol. The second-order valence-electron chi connectivity index (χ2n) is 6.28. The molecule has 0 heterocycles. The summed E-state index contributed by atoms with van der Waals surface area (Å²) in [7, 11) is 0. The van der Waals surface area contributed by atoms with E-state index < -0.39 is 9.85 Å². The Hall–Kier alpha value is -2.77. The van der Waals surface area contributed by atoms with Crippen molar-refractivity contribution in [3.05, 3.63) is 50.6 Å². The molecule has 8 heteroatoms.